The van der Waals surface area contributed by atoms with E-state index in [4.69, 9.17) is 4.98 Å². The summed E-state index contributed by atoms with van der Waals surface area (Å²) in [4.78, 5) is 19.3. The molecule has 4 nitrogen and oxygen atoms in total. The van der Waals surface area contributed by atoms with E-state index in [2.05, 4.69) is 11.5 Å². The van der Waals surface area contributed by atoms with E-state index in [9.17, 15) is 9.18 Å². The third-order valence-corrected chi connectivity index (χ3v) is 6.66. The summed E-state index contributed by atoms with van der Waals surface area (Å²) in [5.41, 5.74) is 3.05. The van der Waals surface area contributed by atoms with Crippen molar-refractivity contribution in [1.29, 1.82) is 0 Å². The highest BCUT2D eigenvalue weighted by Gasteiger charge is 2.26. The van der Waals surface area contributed by atoms with Gasteiger partial charge >= 0.3 is 0 Å². The zero-order valence-corrected chi connectivity index (χ0v) is 18.1. The van der Waals surface area contributed by atoms with Crippen LogP contribution in [-0.4, -0.2) is 32.7 Å². The molecule has 6 heteroatoms. The Kier molecular flexibility index (Phi) is 6.81. The average molecular weight is 404 g/mol. The van der Waals surface area contributed by atoms with Crippen molar-refractivity contribution in [2.24, 2.45) is 0 Å². The molecule has 0 saturated heterocycles. The van der Waals surface area contributed by atoms with Crippen molar-refractivity contribution < 1.29 is 9.18 Å². The molecule has 3 rings (SSSR count). The molecule has 152 valence electrons. The Morgan fingerprint density at radius 3 is 2.71 bits per heavy atom. The fraction of sp³-hybridized carbons (Fsp3) is 0.545. The van der Waals surface area contributed by atoms with Gasteiger partial charge in [0, 0.05) is 25.3 Å². The molecule has 1 saturated carbocycles. The molecule has 1 amide bonds. The number of thioether (sulfide) groups is 1. The van der Waals surface area contributed by atoms with Gasteiger partial charge in [0.2, 0.25) is 5.91 Å². The van der Waals surface area contributed by atoms with Crippen LogP contribution in [-0.2, 0) is 11.3 Å². The number of imidazole rings is 1. The lowest BCUT2D eigenvalue weighted by molar-refractivity contribution is -0.129. The molecule has 1 fully saturated rings. The lowest BCUT2D eigenvalue weighted by atomic mass is 9.95. The number of carbonyl (C=O) groups excluding carboxylic acids is 1. The molecular formula is C22H30FN3OS. The third kappa shape index (κ3) is 4.77. The SMILES string of the molecule is Cc1nc(S[C@@H](C)C(=O)N(C)Cc2cccc(F)c2)n(C2CCCCC2)c1C. The summed E-state index contributed by atoms with van der Waals surface area (Å²) in [6.07, 6.45) is 6.20. The lowest BCUT2D eigenvalue weighted by Gasteiger charge is -2.27. The number of nitrogens with zero attached hydrogens (tertiary/aromatic N) is 3. The molecule has 0 spiro atoms. The van der Waals surface area contributed by atoms with Gasteiger partial charge in [-0.25, -0.2) is 9.37 Å². The number of aromatic nitrogens is 2. The number of halogens is 1. The highest BCUT2D eigenvalue weighted by Crippen LogP contribution is 2.35. The van der Waals surface area contributed by atoms with Crippen LogP contribution in [0, 0.1) is 19.7 Å². The van der Waals surface area contributed by atoms with Gasteiger partial charge < -0.3 is 9.47 Å². The van der Waals surface area contributed by atoms with Gasteiger partial charge in [-0.2, -0.15) is 0 Å². The van der Waals surface area contributed by atoms with Gasteiger partial charge in [-0.15, -0.1) is 0 Å². The number of aryl methyl sites for hydroxylation is 1. The van der Waals surface area contributed by atoms with Crippen LogP contribution in [0.5, 0.6) is 0 Å². The fourth-order valence-electron chi connectivity index (χ4n) is 3.95. The summed E-state index contributed by atoms with van der Waals surface area (Å²) in [6, 6.07) is 6.90. The first-order valence-corrected chi connectivity index (χ1v) is 11.0. The van der Waals surface area contributed by atoms with Gasteiger partial charge in [0.05, 0.1) is 10.9 Å². The highest BCUT2D eigenvalue weighted by molar-refractivity contribution is 8.00. The van der Waals surface area contributed by atoms with Crippen LogP contribution in [0.15, 0.2) is 29.4 Å². The smallest absolute Gasteiger partial charge is 0.235 e. The van der Waals surface area contributed by atoms with E-state index in [1.165, 1.54) is 61.7 Å². The van der Waals surface area contributed by atoms with Crippen LogP contribution in [0.3, 0.4) is 0 Å². The molecule has 1 aromatic carbocycles. The van der Waals surface area contributed by atoms with Crippen molar-refractivity contribution in [2.45, 2.75) is 75.9 Å². The normalized spacial score (nSPS) is 16.2. The largest absolute Gasteiger partial charge is 0.340 e. The Bertz CT molecular complexity index is 829. The number of rotatable bonds is 6. The molecule has 0 aliphatic heterocycles. The molecule has 0 bridgehead atoms. The summed E-state index contributed by atoms with van der Waals surface area (Å²) >= 11 is 1.54. The van der Waals surface area contributed by atoms with E-state index in [0.29, 0.717) is 12.6 Å². The Hall–Kier alpha value is -1.82. The van der Waals surface area contributed by atoms with E-state index in [1.807, 2.05) is 19.9 Å². The van der Waals surface area contributed by atoms with Gasteiger partial charge in [0.25, 0.3) is 0 Å². The van der Waals surface area contributed by atoms with Gasteiger partial charge in [0.1, 0.15) is 5.82 Å². The maximum absolute atomic E-state index is 13.4. The molecule has 2 aromatic rings. The Morgan fingerprint density at radius 2 is 2.04 bits per heavy atom. The first-order valence-electron chi connectivity index (χ1n) is 10.1. The first kappa shape index (κ1) is 20.9. The van der Waals surface area contributed by atoms with Crippen molar-refractivity contribution in [1.82, 2.24) is 14.5 Å². The van der Waals surface area contributed by atoms with E-state index in [1.54, 1.807) is 18.0 Å². The second kappa shape index (κ2) is 9.12. The average Bonchev–Trinajstić information content (AvgIpc) is 2.95. The van der Waals surface area contributed by atoms with Gasteiger partial charge in [-0.3, -0.25) is 4.79 Å². The van der Waals surface area contributed by atoms with Gasteiger partial charge in [0.15, 0.2) is 5.16 Å². The van der Waals surface area contributed by atoms with Gasteiger partial charge in [-0.1, -0.05) is 43.2 Å². The maximum Gasteiger partial charge on any atom is 0.235 e. The van der Waals surface area contributed by atoms with Crippen LogP contribution in [0.1, 0.15) is 62.0 Å². The Balaban J connectivity index is 1.70. The summed E-state index contributed by atoms with van der Waals surface area (Å²) < 4.78 is 15.8. The molecule has 0 radical (unpaired) electrons. The van der Waals surface area contributed by atoms with Crippen LogP contribution in [0.25, 0.3) is 0 Å². The Morgan fingerprint density at radius 1 is 1.32 bits per heavy atom. The molecule has 1 atom stereocenters. The predicted octanol–water partition coefficient (Wildman–Crippen LogP) is 5.28. The minimum atomic E-state index is -0.277. The standard InChI is InChI=1S/C22H30FN3OS/c1-15-16(2)26(20-11-6-5-7-12-20)22(24-15)28-17(3)21(27)25(4)14-18-9-8-10-19(23)13-18/h8-10,13,17,20H,5-7,11-12,14H2,1-4H3/t17-/m0/s1. The Labute approximate surface area is 171 Å². The maximum atomic E-state index is 13.4. The monoisotopic (exact) mass is 403 g/mol. The van der Waals surface area contributed by atoms with E-state index in [-0.39, 0.29) is 17.0 Å². The number of hydrogen-bond acceptors (Lipinski definition) is 3. The number of benzene rings is 1. The second-order valence-electron chi connectivity index (χ2n) is 7.81. The van der Waals surface area contributed by atoms with E-state index in [0.717, 1.165) is 16.4 Å². The van der Waals surface area contributed by atoms with Crippen LogP contribution < -0.4 is 0 Å². The van der Waals surface area contributed by atoms with Crippen LogP contribution in [0.2, 0.25) is 0 Å². The first-order chi connectivity index (χ1) is 13.4. The third-order valence-electron chi connectivity index (χ3n) is 5.61. The molecule has 28 heavy (non-hydrogen) atoms. The minimum Gasteiger partial charge on any atom is -0.340 e. The second-order valence-corrected chi connectivity index (χ2v) is 9.12. The quantitative estimate of drug-likeness (QED) is 0.616. The molecular weight excluding hydrogens is 373 g/mol. The fourth-order valence-corrected chi connectivity index (χ4v) is 5.14. The van der Waals surface area contributed by atoms with Crippen molar-refractivity contribution in [3.8, 4) is 0 Å². The van der Waals surface area contributed by atoms with Crippen molar-refractivity contribution >= 4 is 17.7 Å². The summed E-state index contributed by atoms with van der Waals surface area (Å²) in [5, 5.41) is 0.698. The van der Waals surface area contributed by atoms with Crippen molar-refractivity contribution in [3.05, 3.63) is 47.0 Å². The summed E-state index contributed by atoms with van der Waals surface area (Å²) in [5.74, 6) is -0.246. The topological polar surface area (TPSA) is 38.1 Å². The number of hydrogen-bond donors (Lipinski definition) is 0. The van der Waals surface area contributed by atoms with E-state index < -0.39 is 0 Å². The summed E-state index contributed by atoms with van der Waals surface area (Å²) in [6.45, 7) is 6.50. The molecule has 0 unspecified atom stereocenters. The minimum absolute atomic E-state index is 0.0303. The summed E-state index contributed by atoms with van der Waals surface area (Å²) in [7, 11) is 1.77. The zero-order chi connectivity index (χ0) is 20.3. The van der Waals surface area contributed by atoms with Crippen LogP contribution >= 0.6 is 11.8 Å². The highest BCUT2D eigenvalue weighted by atomic mass is 32.2. The lowest BCUT2D eigenvalue weighted by Crippen LogP contribution is -2.33. The van der Waals surface area contributed by atoms with Crippen LogP contribution in [0.4, 0.5) is 4.39 Å². The zero-order valence-electron chi connectivity index (χ0n) is 17.2. The number of carbonyl (C=O) groups is 1. The molecule has 1 aliphatic rings. The molecule has 1 heterocycles. The molecule has 1 aromatic heterocycles. The number of amides is 1. The van der Waals surface area contributed by atoms with Gasteiger partial charge in [-0.05, 0) is 51.3 Å². The van der Waals surface area contributed by atoms with E-state index >= 15 is 0 Å². The van der Waals surface area contributed by atoms with Crippen molar-refractivity contribution in [3.63, 3.8) is 0 Å². The predicted molar refractivity (Wildman–Crippen MR) is 112 cm³/mol. The van der Waals surface area contributed by atoms with Crippen molar-refractivity contribution in [2.75, 3.05) is 7.05 Å². The molecule has 0 N–H and O–H groups in total. The molecule has 1 aliphatic carbocycles.